The first-order valence-electron chi connectivity index (χ1n) is 9.10. The molecule has 29 heavy (non-hydrogen) atoms. The Labute approximate surface area is 172 Å². The lowest BCUT2D eigenvalue weighted by Crippen LogP contribution is -2.37. The maximum Gasteiger partial charge on any atom is 0.257 e. The minimum atomic E-state index is -0.668. The lowest BCUT2D eigenvalue weighted by atomic mass is 9.92. The highest BCUT2D eigenvalue weighted by molar-refractivity contribution is 6.31. The molecule has 3 rings (SSSR count). The number of anilines is 3. The highest BCUT2D eigenvalue weighted by atomic mass is 35.5. The average Bonchev–Trinajstić information content (AvgIpc) is 2.66. The van der Waals surface area contributed by atoms with Crippen LogP contribution in [0.15, 0.2) is 23.0 Å². The van der Waals surface area contributed by atoms with Crippen LogP contribution in [0.1, 0.15) is 17.5 Å². The Balaban J connectivity index is 1.67. The molecule has 9 nitrogen and oxygen atoms in total. The van der Waals surface area contributed by atoms with Gasteiger partial charge in [0, 0.05) is 30.8 Å². The van der Waals surface area contributed by atoms with Gasteiger partial charge >= 0.3 is 0 Å². The van der Waals surface area contributed by atoms with Gasteiger partial charge in [-0.05, 0) is 31.0 Å². The normalized spacial score (nSPS) is 15.4. The van der Waals surface area contributed by atoms with Gasteiger partial charge < -0.3 is 20.7 Å². The Kier molecular flexibility index (Phi) is 6.50. The molecule has 0 saturated carbocycles. The van der Waals surface area contributed by atoms with Crippen LogP contribution >= 0.6 is 11.6 Å². The summed E-state index contributed by atoms with van der Waals surface area (Å²) in [5, 5.41) is 8.81. The van der Waals surface area contributed by atoms with Gasteiger partial charge in [-0.3, -0.25) is 19.4 Å². The molecule has 1 aromatic carbocycles. The molecular weight excluding hydrogens is 398 g/mol. The van der Waals surface area contributed by atoms with Crippen molar-refractivity contribution in [1.29, 1.82) is 0 Å². The van der Waals surface area contributed by atoms with E-state index in [2.05, 4.69) is 25.9 Å². The van der Waals surface area contributed by atoms with Gasteiger partial charge in [-0.25, -0.2) is 0 Å². The van der Waals surface area contributed by atoms with Crippen LogP contribution in [-0.4, -0.2) is 42.0 Å². The summed E-state index contributed by atoms with van der Waals surface area (Å²) in [6.45, 7) is 2.76. The lowest BCUT2D eigenvalue weighted by molar-refractivity contribution is -0.125. The number of methoxy groups -OCH3 is 1. The molecule has 0 spiro atoms. The summed E-state index contributed by atoms with van der Waals surface area (Å²) in [5.41, 5.74) is 1.44. The first-order valence-corrected chi connectivity index (χ1v) is 9.48. The number of aryl methyl sites for hydroxylation is 1. The van der Waals surface area contributed by atoms with Crippen molar-refractivity contribution in [2.24, 2.45) is 5.92 Å². The highest BCUT2D eigenvalue weighted by Crippen LogP contribution is 2.25. The topological polar surface area (TPSA) is 125 Å². The third-order valence-corrected chi connectivity index (χ3v) is 4.97. The van der Waals surface area contributed by atoms with Gasteiger partial charge in [0.1, 0.15) is 5.82 Å². The van der Waals surface area contributed by atoms with E-state index in [9.17, 15) is 14.4 Å². The number of hydrogen-bond donors (Lipinski definition) is 4. The van der Waals surface area contributed by atoms with Crippen molar-refractivity contribution in [1.82, 2.24) is 9.97 Å². The number of nitrogens with zero attached hydrogens (tertiary/aromatic N) is 1. The summed E-state index contributed by atoms with van der Waals surface area (Å²) in [7, 11) is 1.56. The summed E-state index contributed by atoms with van der Waals surface area (Å²) in [6, 6.07) is 5.19. The fourth-order valence-corrected chi connectivity index (χ4v) is 3.16. The van der Waals surface area contributed by atoms with E-state index >= 15 is 0 Å². The van der Waals surface area contributed by atoms with Crippen molar-refractivity contribution in [2.45, 2.75) is 19.8 Å². The molecule has 4 N–H and O–H groups in total. The predicted molar refractivity (Wildman–Crippen MR) is 110 cm³/mol. The van der Waals surface area contributed by atoms with Crippen molar-refractivity contribution in [2.75, 3.05) is 36.2 Å². The molecule has 10 heteroatoms. The zero-order valence-electron chi connectivity index (χ0n) is 16.1. The van der Waals surface area contributed by atoms with Crippen molar-refractivity contribution in [3.8, 4) is 0 Å². The summed E-state index contributed by atoms with van der Waals surface area (Å²) in [4.78, 5) is 44.0. The molecule has 0 bridgehead atoms. The second kappa shape index (κ2) is 9.06. The maximum absolute atomic E-state index is 12.4. The number of halogens is 1. The number of aromatic amines is 1. The summed E-state index contributed by atoms with van der Waals surface area (Å²) in [6.07, 6.45) is 0.0635. The number of amides is 2. The first kappa shape index (κ1) is 20.8. The number of H-pyrrole nitrogens is 1. The molecule has 0 fully saturated rings. The number of ether oxygens (including phenoxy) is 1. The maximum atomic E-state index is 12.4. The second-order valence-electron chi connectivity index (χ2n) is 6.77. The lowest BCUT2D eigenvalue weighted by Gasteiger charge is -2.23. The molecule has 154 valence electrons. The molecular formula is C19H22ClN5O4. The van der Waals surface area contributed by atoms with E-state index in [-0.39, 0.29) is 42.0 Å². The third kappa shape index (κ3) is 5.12. The van der Waals surface area contributed by atoms with Crippen LogP contribution in [0.2, 0.25) is 5.02 Å². The molecule has 2 heterocycles. The average molecular weight is 420 g/mol. The van der Waals surface area contributed by atoms with Gasteiger partial charge in [-0.1, -0.05) is 17.7 Å². The largest absolute Gasteiger partial charge is 0.383 e. The van der Waals surface area contributed by atoms with Crippen LogP contribution in [0.5, 0.6) is 0 Å². The molecule has 2 aromatic rings. The number of hydrogen-bond acceptors (Lipinski definition) is 6. The van der Waals surface area contributed by atoms with E-state index in [1.165, 1.54) is 0 Å². The van der Waals surface area contributed by atoms with Gasteiger partial charge in [0.15, 0.2) is 0 Å². The van der Waals surface area contributed by atoms with Crippen LogP contribution < -0.4 is 21.5 Å². The van der Waals surface area contributed by atoms with Crippen molar-refractivity contribution < 1.29 is 14.3 Å². The molecule has 2 amide bonds. The molecule has 1 aromatic heterocycles. The van der Waals surface area contributed by atoms with E-state index in [0.717, 1.165) is 5.56 Å². The Morgan fingerprint density at radius 1 is 1.38 bits per heavy atom. The number of carbonyl (C=O) groups excluding carboxylic acids is 2. The highest BCUT2D eigenvalue weighted by Gasteiger charge is 2.31. The van der Waals surface area contributed by atoms with E-state index < -0.39 is 5.92 Å². The number of fused-ring (bicyclic) bond motifs is 1. The van der Waals surface area contributed by atoms with Gasteiger partial charge in [0.05, 0.1) is 18.1 Å². The van der Waals surface area contributed by atoms with Gasteiger partial charge in [0.25, 0.3) is 5.56 Å². The number of benzene rings is 1. The van der Waals surface area contributed by atoms with Crippen LogP contribution in [0.3, 0.4) is 0 Å². The Morgan fingerprint density at radius 3 is 2.90 bits per heavy atom. The van der Waals surface area contributed by atoms with Gasteiger partial charge in [-0.15, -0.1) is 0 Å². The van der Waals surface area contributed by atoms with Gasteiger partial charge in [-0.2, -0.15) is 4.98 Å². The van der Waals surface area contributed by atoms with Crippen LogP contribution in [0, 0.1) is 12.8 Å². The van der Waals surface area contributed by atoms with E-state index in [1.54, 1.807) is 25.3 Å². The number of carbonyl (C=O) groups is 2. The van der Waals surface area contributed by atoms with Crippen molar-refractivity contribution >= 4 is 40.9 Å². The molecule has 0 saturated heterocycles. The predicted octanol–water partition coefficient (Wildman–Crippen LogP) is 1.93. The summed E-state index contributed by atoms with van der Waals surface area (Å²) in [5.74, 6) is -0.899. The Morgan fingerprint density at radius 2 is 2.17 bits per heavy atom. The fourth-order valence-electron chi connectivity index (χ4n) is 2.97. The molecule has 0 aliphatic carbocycles. The zero-order chi connectivity index (χ0) is 21.0. The van der Waals surface area contributed by atoms with E-state index in [0.29, 0.717) is 29.4 Å². The number of rotatable bonds is 7. The summed E-state index contributed by atoms with van der Waals surface area (Å²) >= 11 is 6.07. The van der Waals surface area contributed by atoms with Crippen LogP contribution in [0.4, 0.5) is 17.5 Å². The molecule has 1 aliphatic heterocycles. The minimum Gasteiger partial charge on any atom is -0.383 e. The third-order valence-electron chi connectivity index (χ3n) is 4.56. The Bertz CT molecular complexity index is 991. The molecule has 1 unspecified atom stereocenters. The minimum absolute atomic E-state index is 0.0654. The first-order chi connectivity index (χ1) is 13.9. The van der Waals surface area contributed by atoms with Crippen LogP contribution in [0.25, 0.3) is 0 Å². The number of nitrogens with one attached hydrogen (secondary N) is 4. The van der Waals surface area contributed by atoms with Gasteiger partial charge in [0.2, 0.25) is 17.8 Å². The standard InChI is InChI=1S/C19H22ClN5O4/c1-10-3-4-12(9-14(10)20)22-15(26)8-11-7-13-16(23-17(11)27)24-19(25-18(13)28)21-5-6-29-2/h3-4,9,11H,5-8H2,1-2H3,(H,22,26)(H3,21,23,24,25,27,28). The SMILES string of the molecule is COCCNc1nc2c(c(=O)[nH]1)CC(CC(=O)Nc1ccc(C)c(Cl)c1)C(=O)N2. The van der Waals surface area contributed by atoms with Crippen LogP contribution in [-0.2, 0) is 20.7 Å². The Hall–Kier alpha value is -2.91. The van der Waals surface area contributed by atoms with E-state index in [4.69, 9.17) is 16.3 Å². The van der Waals surface area contributed by atoms with Crippen molar-refractivity contribution in [3.63, 3.8) is 0 Å². The fraction of sp³-hybridized carbons (Fsp3) is 0.368. The smallest absolute Gasteiger partial charge is 0.257 e. The number of aromatic nitrogens is 2. The van der Waals surface area contributed by atoms with E-state index in [1.807, 2.05) is 6.92 Å². The molecule has 1 atom stereocenters. The molecule has 1 aliphatic rings. The summed E-state index contributed by atoms with van der Waals surface area (Å²) < 4.78 is 4.93. The second-order valence-corrected chi connectivity index (χ2v) is 7.18. The quantitative estimate of drug-likeness (QED) is 0.508. The molecule has 0 radical (unpaired) electrons. The monoisotopic (exact) mass is 419 g/mol. The van der Waals surface area contributed by atoms with Crippen molar-refractivity contribution in [3.05, 3.63) is 44.7 Å². The zero-order valence-corrected chi connectivity index (χ0v) is 16.9.